The van der Waals surface area contributed by atoms with E-state index in [4.69, 9.17) is 5.11 Å². The number of hydrogen-bond donors (Lipinski definition) is 1. The molecule has 0 saturated heterocycles. The first-order valence-corrected chi connectivity index (χ1v) is 6.79. The molecule has 3 heteroatoms. The zero-order chi connectivity index (χ0) is 13.1. The molecule has 0 spiro atoms. The first kappa shape index (κ1) is 14.5. The molecule has 0 aromatic carbocycles. The molecule has 1 fully saturated rings. The van der Waals surface area contributed by atoms with E-state index in [2.05, 4.69) is 20.8 Å². The summed E-state index contributed by atoms with van der Waals surface area (Å²) in [7, 11) is 0. The smallest absolute Gasteiger partial charge is 0.225 e. The Bertz CT molecular complexity index is 263. The minimum absolute atomic E-state index is 0.0608. The van der Waals surface area contributed by atoms with Crippen LogP contribution in [0, 0.1) is 17.3 Å². The highest BCUT2D eigenvalue weighted by Crippen LogP contribution is 2.42. The van der Waals surface area contributed by atoms with Crippen molar-refractivity contribution in [2.45, 2.75) is 47.0 Å². The van der Waals surface area contributed by atoms with Crippen molar-refractivity contribution in [3.8, 4) is 0 Å². The van der Waals surface area contributed by atoms with Crippen LogP contribution < -0.4 is 0 Å². The molecule has 100 valence electrons. The van der Waals surface area contributed by atoms with Gasteiger partial charge < -0.3 is 10.0 Å². The monoisotopic (exact) mass is 241 g/mol. The van der Waals surface area contributed by atoms with Gasteiger partial charge in [0, 0.05) is 19.0 Å². The number of carbonyl (C=O) groups excluding carboxylic acids is 1. The minimum atomic E-state index is 0.0608. The predicted molar refractivity (Wildman–Crippen MR) is 69.6 cm³/mol. The minimum Gasteiger partial charge on any atom is -0.395 e. The van der Waals surface area contributed by atoms with Gasteiger partial charge in [0.15, 0.2) is 0 Å². The lowest BCUT2D eigenvalue weighted by molar-refractivity contribution is -0.139. The lowest BCUT2D eigenvalue weighted by atomic mass is 9.67. The van der Waals surface area contributed by atoms with Crippen LogP contribution in [0.2, 0.25) is 0 Å². The molecule has 1 aliphatic carbocycles. The second-order valence-corrected chi connectivity index (χ2v) is 6.25. The summed E-state index contributed by atoms with van der Waals surface area (Å²) in [5.41, 5.74) is 0.274. The molecule has 0 heterocycles. The predicted octanol–water partition coefficient (Wildman–Crippen LogP) is 2.29. The Balaban J connectivity index is 2.67. The molecule has 2 unspecified atom stereocenters. The van der Waals surface area contributed by atoms with Crippen LogP contribution in [0.1, 0.15) is 47.0 Å². The molecule has 0 bridgehead atoms. The third-order valence-corrected chi connectivity index (χ3v) is 3.80. The van der Waals surface area contributed by atoms with Crippen molar-refractivity contribution in [1.29, 1.82) is 0 Å². The quantitative estimate of drug-likeness (QED) is 0.820. The largest absolute Gasteiger partial charge is 0.395 e. The molecule has 1 aliphatic rings. The maximum atomic E-state index is 12.4. The third kappa shape index (κ3) is 3.98. The molecule has 3 nitrogen and oxygen atoms in total. The molecule has 0 aromatic rings. The highest BCUT2D eigenvalue weighted by molar-refractivity contribution is 5.79. The van der Waals surface area contributed by atoms with Crippen LogP contribution in [0.3, 0.4) is 0 Å². The van der Waals surface area contributed by atoms with Crippen LogP contribution in [-0.4, -0.2) is 35.6 Å². The fraction of sp³-hybridized carbons (Fsp3) is 0.929. The van der Waals surface area contributed by atoms with Crippen LogP contribution in [-0.2, 0) is 4.79 Å². The average Bonchev–Trinajstić information content (AvgIpc) is 2.22. The van der Waals surface area contributed by atoms with Gasteiger partial charge in [-0.2, -0.15) is 0 Å². The fourth-order valence-electron chi connectivity index (χ4n) is 3.34. The fourth-order valence-corrected chi connectivity index (χ4v) is 3.34. The van der Waals surface area contributed by atoms with Crippen LogP contribution >= 0.6 is 0 Å². The van der Waals surface area contributed by atoms with E-state index in [0.717, 1.165) is 12.8 Å². The zero-order valence-corrected chi connectivity index (χ0v) is 11.7. The standard InChI is InChI=1S/C14H27NO2/c1-5-15(6-7-16)13(17)12-8-11(2)9-14(3,4)10-12/h11-12,16H,5-10H2,1-4H3. The Kier molecular flexibility index (Phi) is 4.99. The number of rotatable bonds is 4. The Hall–Kier alpha value is -0.570. The van der Waals surface area contributed by atoms with Crippen molar-refractivity contribution in [2.24, 2.45) is 17.3 Å². The lowest BCUT2D eigenvalue weighted by Crippen LogP contribution is -2.42. The van der Waals surface area contributed by atoms with Crippen LogP contribution in [0.25, 0.3) is 0 Å². The van der Waals surface area contributed by atoms with E-state index in [9.17, 15) is 4.79 Å². The first-order valence-electron chi connectivity index (χ1n) is 6.79. The van der Waals surface area contributed by atoms with E-state index < -0.39 is 0 Å². The van der Waals surface area contributed by atoms with Crippen molar-refractivity contribution < 1.29 is 9.90 Å². The second-order valence-electron chi connectivity index (χ2n) is 6.25. The molecule has 2 atom stereocenters. The van der Waals surface area contributed by atoms with E-state index in [1.165, 1.54) is 6.42 Å². The van der Waals surface area contributed by atoms with Crippen molar-refractivity contribution >= 4 is 5.91 Å². The average molecular weight is 241 g/mol. The third-order valence-electron chi connectivity index (χ3n) is 3.80. The van der Waals surface area contributed by atoms with Crippen molar-refractivity contribution in [1.82, 2.24) is 4.90 Å². The molecular formula is C14H27NO2. The normalized spacial score (nSPS) is 27.8. The Morgan fingerprint density at radius 1 is 1.41 bits per heavy atom. The van der Waals surface area contributed by atoms with Gasteiger partial charge in [-0.3, -0.25) is 4.79 Å². The summed E-state index contributed by atoms with van der Waals surface area (Å²) in [6.07, 6.45) is 3.20. The van der Waals surface area contributed by atoms with Gasteiger partial charge in [0.2, 0.25) is 5.91 Å². The van der Waals surface area contributed by atoms with Crippen LogP contribution in [0.4, 0.5) is 0 Å². The molecule has 1 saturated carbocycles. The summed E-state index contributed by atoms with van der Waals surface area (Å²) >= 11 is 0. The van der Waals surface area contributed by atoms with Gasteiger partial charge in [-0.25, -0.2) is 0 Å². The van der Waals surface area contributed by atoms with Gasteiger partial charge in [0.05, 0.1) is 6.61 Å². The van der Waals surface area contributed by atoms with Gasteiger partial charge >= 0.3 is 0 Å². The number of carbonyl (C=O) groups is 1. The maximum absolute atomic E-state index is 12.4. The van der Waals surface area contributed by atoms with E-state index in [0.29, 0.717) is 19.0 Å². The van der Waals surface area contributed by atoms with E-state index in [-0.39, 0.29) is 23.8 Å². The van der Waals surface area contributed by atoms with Crippen LogP contribution in [0.15, 0.2) is 0 Å². The summed E-state index contributed by atoms with van der Waals surface area (Å²) in [6, 6.07) is 0. The summed E-state index contributed by atoms with van der Waals surface area (Å²) in [5, 5.41) is 8.98. The van der Waals surface area contributed by atoms with Gasteiger partial charge in [-0.1, -0.05) is 20.8 Å². The number of amides is 1. The highest BCUT2D eigenvalue weighted by atomic mass is 16.3. The molecule has 17 heavy (non-hydrogen) atoms. The summed E-state index contributed by atoms with van der Waals surface area (Å²) in [4.78, 5) is 14.2. The van der Waals surface area contributed by atoms with E-state index >= 15 is 0 Å². The SMILES string of the molecule is CCN(CCO)C(=O)C1CC(C)CC(C)(C)C1. The molecule has 0 aliphatic heterocycles. The van der Waals surface area contributed by atoms with Crippen LogP contribution in [0.5, 0.6) is 0 Å². The zero-order valence-electron chi connectivity index (χ0n) is 11.7. The Morgan fingerprint density at radius 2 is 2.06 bits per heavy atom. The van der Waals surface area contributed by atoms with Crippen molar-refractivity contribution in [2.75, 3.05) is 19.7 Å². The van der Waals surface area contributed by atoms with Gasteiger partial charge in [0.1, 0.15) is 0 Å². The molecule has 1 amide bonds. The maximum Gasteiger partial charge on any atom is 0.225 e. The second kappa shape index (κ2) is 5.85. The number of aliphatic hydroxyl groups is 1. The molecular weight excluding hydrogens is 214 g/mol. The number of aliphatic hydroxyl groups excluding tert-OH is 1. The summed E-state index contributed by atoms with van der Waals surface area (Å²) in [5.74, 6) is 1.02. The first-order chi connectivity index (χ1) is 7.89. The van der Waals surface area contributed by atoms with Crippen molar-refractivity contribution in [3.63, 3.8) is 0 Å². The Morgan fingerprint density at radius 3 is 2.53 bits per heavy atom. The summed E-state index contributed by atoms with van der Waals surface area (Å²) in [6.45, 7) is 9.96. The van der Waals surface area contributed by atoms with Gasteiger partial charge in [-0.15, -0.1) is 0 Å². The van der Waals surface area contributed by atoms with Crippen molar-refractivity contribution in [3.05, 3.63) is 0 Å². The van der Waals surface area contributed by atoms with E-state index in [1.807, 2.05) is 6.92 Å². The molecule has 0 aromatic heterocycles. The highest BCUT2D eigenvalue weighted by Gasteiger charge is 2.36. The molecule has 1 rings (SSSR count). The summed E-state index contributed by atoms with van der Waals surface area (Å²) < 4.78 is 0. The molecule has 1 N–H and O–H groups in total. The van der Waals surface area contributed by atoms with Gasteiger partial charge in [-0.05, 0) is 37.5 Å². The number of likely N-dealkylation sites (N-methyl/N-ethyl adjacent to an activating group) is 1. The van der Waals surface area contributed by atoms with E-state index in [1.54, 1.807) is 4.90 Å². The van der Waals surface area contributed by atoms with Gasteiger partial charge in [0.25, 0.3) is 0 Å². The number of nitrogens with zero attached hydrogens (tertiary/aromatic N) is 1. The lowest BCUT2D eigenvalue weighted by Gasteiger charge is -2.39. The molecule has 0 radical (unpaired) electrons. The topological polar surface area (TPSA) is 40.5 Å². The number of hydrogen-bond acceptors (Lipinski definition) is 2. The Labute approximate surface area is 105 Å².